The van der Waals surface area contributed by atoms with Crippen LogP contribution in [0.15, 0.2) is 72.8 Å². The Balaban J connectivity index is 1.72. The molecule has 0 fully saturated rings. The van der Waals surface area contributed by atoms with E-state index in [1.54, 1.807) is 0 Å². The first-order chi connectivity index (χ1) is 14.2. The molecule has 3 aromatic carbocycles. The van der Waals surface area contributed by atoms with Gasteiger partial charge in [-0.25, -0.2) is 9.97 Å². The van der Waals surface area contributed by atoms with Crippen molar-refractivity contribution in [3.05, 3.63) is 88.9 Å². The average Bonchev–Trinajstić information content (AvgIpc) is 2.75. The lowest BCUT2D eigenvalue weighted by Crippen LogP contribution is -2.12. The van der Waals surface area contributed by atoms with E-state index in [2.05, 4.69) is 18.3 Å². The number of halogens is 1. The number of para-hydroxylation sites is 2. The summed E-state index contributed by atoms with van der Waals surface area (Å²) in [6.45, 7) is 2.47. The van der Waals surface area contributed by atoms with Gasteiger partial charge in [0.05, 0.1) is 11.4 Å². The summed E-state index contributed by atoms with van der Waals surface area (Å²) < 4.78 is 5.99. The second-order valence-electron chi connectivity index (χ2n) is 6.96. The van der Waals surface area contributed by atoms with Gasteiger partial charge in [0.25, 0.3) is 0 Å². The van der Waals surface area contributed by atoms with Gasteiger partial charge in [0.15, 0.2) is 0 Å². The molecular formula is C24H18ClN3O. The highest BCUT2D eigenvalue weighted by Crippen LogP contribution is 2.40. The summed E-state index contributed by atoms with van der Waals surface area (Å²) in [5.41, 5.74) is 6.67. The zero-order valence-electron chi connectivity index (χ0n) is 15.8. The maximum absolute atomic E-state index is 6.26. The molecule has 1 N–H and O–H groups in total. The van der Waals surface area contributed by atoms with E-state index in [9.17, 15) is 0 Å². The highest BCUT2D eigenvalue weighted by atomic mass is 35.5. The molecule has 142 valence electrons. The van der Waals surface area contributed by atoms with Crippen molar-refractivity contribution < 1.29 is 4.74 Å². The Morgan fingerprint density at radius 2 is 1.69 bits per heavy atom. The second kappa shape index (κ2) is 7.22. The fraction of sp³-hybridized carbons (Fsp3) is 0.0833. The maximum atomic E-state index is 6.26. The van der Waals surface area contributed by atoms with Gasteiger partial charge in [-0.1, -0.05) is 54.1 Å². The van der Waals surface area contributed by atoms with E-state index in [4.69, 9.17) is 26.3 Å². The van der Waals surface area contributed by atoms with Crippen molar-refractivity contribution in [2.75, 3.05) is 5.32 Å². The van der Waals surface area contributed by atoms with Crippen LogP contribution >= 0.6 is 11.6 Å². The molecule has 5 heteroatoms. The Morgan fingerprint density at radius 3 is 2.55 bits per heavy atom. The van der Waals surface area contributed by atoms with Gasteiger partial charge in [-0.2, -0.15) is 0 Å². The summed E-state index contributed by atoms with van der Waals surface area (Å²) in [5, 5.41) is 4.05. The lowest BCUT2D eigenvalue weighted by molar-refractivity contribution is 0.301. The molecule has 1 aliphatic rings. The summed E-state index contributed by atoms with van der Waals surface area (Å²) in [4.78, 5) is 9.71. The van der Waals surface area contributed by atoms with Crippen molar-refractivity contribution in [2.45, 2.75) is 13.5 Å². The van der Waals surface area contributed by atoms with E-state index in [-0.39, 0.29) is 0 Å². The van der Waals surface area contributed by atoms with Crippen molar-refractivity contribution in [3.63, 3.8) is 0 Å². The van der Waals surface area contributed by atoms with Crippen molar-refractivity contribution in [1.29, 1.82) is 0 Å². The van der Waals surface area contributed by atoms with Crippen LogP contribution < -0.4 is 10.1 Å². The van der Waals surface area contributed by atoms with Crippen LogP contribution in [0.3, 0.4) is 0 Å². The first kappa shape index (κ1) is 17.7. The third-order valence-electron chi connectivity index (χ3n) is 5.01. The van der Waals surface area contributed by atoms with Gasteiger partial charge in [-0.15, -0.1) is 0 Å². The van der Waals surface area contributed by atoms with Gasteiger partial charge in [-0.05, 0) is 42.8 Å². The van der Waals surface area contributed by atoms with Crippen LogP contribution in [0.5, 0.6) is 5.75 Å². The van der Waals surface area contributed by atoms with Gasteiger partial charge >= 0.3 is 0 Å². The minimum Gasteiger partial charge on any atom is -0.488 e. The average molecular weight is 400 g/mol. The number of rotatable bonds is 3. The van der Waals surface area contributed by atoms with Crippen molar-refractivity contribution in [1.82, 2.24) is 9.97 Å². The lowest BCUT2D eigenvalue weighted by Gasteiger charge is -2.23. The molecule has 4 nitrogen and oxygen atoms in total. The molecular weight excluding hydrogens is 382 g/mol. The highest BCUT2D eigenvalue weighted by Gasteiger charge is 2.24. The van der Waals surface area contributed by atoms with Crippen LogP contribution in [0.25, 0.3) is 22.5 Å². The van der Waals surface area contributed by atoms with E-state index in [0.29, 0.717) is 17.6 Å². The van der Waals surface area contributed by atoms with Crippen LogP contribution in [0.2, 0.25) is 5.02 Å². The maximum Gasteiger partial charge on any atom is 0.228 e. The number of ether oxygens (including phenoxy) is 1. The van der Waals surface area contributed by atoms with Crippen molar-refractivity contribution in [2.24, 2.45) is 0 Å². The minimum atomic E-state index is 0.416. The fourth-order valence-electron chi connectivity index (χ4n) is 3.55. The monoisotopic (exact) mass is 399 g/mol. The lowest BCUT2D eigenvalue weighted by atomic mass is 9.98. The summed E-state index contributed by atoms with van der Waals surface area (Å²) in [5.74, 6) is 1.38. The number of nitrogens with one attached hydrogen (secondary N) is 1. The van der Waals surface area contributed by atoms with Crippen LogP contribution in [0.4, 0.5) is 11.6 Å². The normalized spacial score (nSPS) is 11.9. The summed E-state index contributed by atoms with van der Waals surface area (Å²) in [7, 11) is 0. The van der Waals surface area contributed by atoms with Crippen LogP contribution in [-0.2, 0) is 6.61 Å². The quantitative estimate of drug-likeness (QED) is 0.432. The zero-order chi connectivity index (χ0) is 19.8. The number of nitrogens with zero attached hydrogens (tertiary/aromatic N) is 2. The predicted molar refractivity (Wildman–Crippen MR) is 117 cm³/mol. The molecule has 2 heterocycles. The highest BCUT2D eigenvalue weighted by molar-refractivity contribution is 6.30. The smallest absolute Gasteiger partial charge is 0.228 e. The first-order valence-corrected chi connectivity index (χ1v) is 9.78. The SMILES string of the molecule is Cc1ccccc1Nc1nc(-c2cccc(Cl)c2)c2c(n1)-c1ccccc1OC2. The Hall–Kier alpha value is -3.37. The minimum absolute atomic E-state index is 0.416. The Labute approximate surface area is 174 Å². The molecule has 0 aliphatic carbocycles. The number of hydrogen-bond acceptors (Lipinski definition) is 4. The van der Waals surface area contributed by atoms with Gasteiger partial charge in [0, 0.05) is 27.4 Å². The number of benzene rings is 3. The molecule has 0 atom stereocenters. The molecule has 1 aromatic heterocycles. The predicted octanol–water partition coefficient (Wildman–Crippen LogP) is 6.41. The van der Waals surface area contributed by atoms with Crippen LogP contribution in [0.1, 0.15) is 11.1 Å². The molecule has 0 unspecified atom stereocenters. The van der Waals surface area contributed by atoms with E-state index in [1.807, 2.05) is 66.7 Å². The molecule has 1 aliphatic heterocycles. The Morgan fingerprint density at radius 1 is 0.897 bits per heavy atom. The second-order valence-corrected chi connectivity index (χ2v) is 7.39. The number of hydrogen-bond donors (Lipinski definition) is 1. The van der Waals surface area contributed by atoms with E-state index >= 15 is 0 Å². The molecule has 0 amide bonds. The number of aromatic nitrogens is 2. The first-order valence-electron chi connectivity index (χ1n) is 9.41. The third-order valence-corrected chi connectivity index (χ3v) is 5.25. The molecule has 4 aromatic rings. The molecule has 5 rings (SSSR count). The van der Waals surface area contributed by atoms with Gasteiger partial charge in [0.2, 0.25) is 5.95 Å². The van der Waals surface area contributed by atoms with Gasteiger partial charge < -0.3 is 10.1 Å². The van der Waals surface area contributed by atoms with Crippen molar-refractivity contribution in [3.8, 4) is 28.3 Å². The Kier molecular flexibility index (Phi) is 4.41. The molecule has 0 saturated heterocycles. The molecule has 0 saturated carbocycles. The van der Waals surface area contributed by atoms with E-state index in [0.717, 1.165) is 45.1 Å². The van der Waals surface area contributed by atoms with E-state index in [1.165, 1.54) is 0 Å². The largest absolute Gasteiger partial charge is 0.488 e. The van der Waals surface area contributed by atoms with Crippen molar-refractivity contribution >= 4 is 23.2 Å². The zero-order valence-corrected chi connectivity index (χ0v) is 16.6. The standard InChI is InChI=1S/C24H18ClN3O/c1-15-7-2-4-11-20(15)26-24-27-22(16-8-6-9-17(25)13-16)19-14-29-21-12-5-3-10-18(21)23(19)28-24/h2-13H,14H2,1H3,(H,26,27,28). The van der Waals surface area contributed by atoms with Crippen LogP contribution in [-0.4, -0.2) is 9.97 Å². The molecule has 0 spiro atoms. The Bertz CT molecular complexity index is 1220. The summed E-state index contributed by atoms with van der Waals surface area (Å²) in [6.07, 6.45) is 0. The third kappa shape index (κ3) is 3.32. The molecule has 29 heavy (non-hydrogen) atoms. The van der Waals surface area contributed by atoms with Gasteiger partial charge in [-0.3, -0.25) is 0 Å². The topological polar surface area (TPSA) is 47.0 Å². The van der Waals surface area contributed by atoms with Crippen LogP contribution in [0, 0.1) is 6.92 Å². The van der Waals surface area contributed by atoms with Gasteiger partial charge in [0.1, 0.15) is 12.4 Å². The molecule has 0 radical (unpaired) electrons. The number of aryl methyl sites for hydroxylation is 1. The fourth-order valence-corrected chi connectivity index (χ4v) is 3.74. The number of anilines is 2. The number of fused-ring (bicyclic) bond motifs is 3. The summed E-state index contributed by atoms with van der Waals surface area (Å²) >= 11 is 6.26. The molecule has 0 bridgehead atoms. The van der Waals surface area contributed by atoms with E-state index < -0.39 is 0 Å². The summed E-state index contributed by atoms with van der Waals surface area (Å²) in [6, 6.07) is 23.8.